The third kappa shape index (κ3) is 2.83. The van der Waals surface area contributed by atoms with E-state index >= 15 is 0 Å². The minimum atomic E-state index is -1.14. The van der Waals surface area contributed by atoms with E-state index in [1.807, 2.05) is 0 Å². The van der Waals surface area contributed by atoms with Gasteiger partial charge in [-0.2, -0.15) is 0 Å². The van der Waals surface area contributed by atoms with Crippen molar-refractivity contribution in [2.75, 3.05) is 13.1 Å². The fourth-order valence-electron chi connectivity index (χ4n) is 1.26. The first-order chi connectivity index (χ1) is 6.29. The Morgan fingerprint density at radius 3 is 2.43 bits per heavy atom. The average Bonchev–Trinajstić information content (AvgIpc) is 2.28. The maximum atomic E-state index is 13.0. The normalized spacial score (nSPS) is 27.9. The Kier molecular flexibility index (Phi) is 2.99. The van der Waals surface area contributed by atoms with Gasteiger partial charge in [0, 0.05) is 6.54 Å². The van der Waals surface area contributed by atoms with Crippen LogP contribution in [0.1, 0.15) is 20.8 Å². The van der Waals surface area contributed by atoms with Gasteiger partial charge in [-0.25, -0.2) is 9.18 Å². The Labute approximate surface area is 83.2 Å². The van der Waals surface area contributed by atoms with E-state index in [0.29, 0.717) is 0 Å². The summed E-state index contributed by atoms with van der Waals surface area (Å²) in [4.78, 5) is 12.7. The van der Waals surface area contributed by atoms with Crippen molar-refractivity contribution >= 4 is 6.09 Å². The van der Waals surface area contributed by atoms with Crippen LogP contribution in [-0.2, 0) is 4.74 Å². The van der Waals surface area contributed by atoms with Gasteiger partial charge in [-0.1, -0.05) is 0 Å². The number of carbonyl (C=O) groups is 1. The van der Waals surface area contributed by atoms with E-state index in [-0.39, 0.29) is 13.1 Å². The van der Waals surface area contributed by atoms with Gasteiger partial charge in [-0.3, -0.25) is 0 Å². The van der Waals surface area contributed by atoms with E-state index in [1.165, 1.54) is 4.90 Å². The highest BCUT2D eigenvalue weighted by molar-refractivity contribution is 5.68. The summed E-state index contributed by atoms with van der Waals surface area (Å²) in [7, 11) is 0. The molecular weight excluding hydrogens is 187 g/mol. The summed E-state index contributed by atoms with van der Waals surface area (Å²) in [6.45, 7) is 5.58. The fourth-order valence-corrected chi connectivity index (χ4v) is 1.26. The average molecular weight is 204 g/mol. The molecule has 82 valence electrons. The van der Waals surface area contributed by atoms with Gasteiger partial charge >= 0.3 is 6.09 Å². The van der Waals surface area contributed by atoms with E-state index in [2.05, 4.69) is 0 Å². The summed E-state index contributed by atoms with van der Waals surface area (Å²) in [6, 6.07) is -0.581. The van der Waals surface area contributed by atoms with Gasteiger partial charge in [0.05, 0.1) is 12.6 Å². The van der Waals surface area contributed by atoms with Gasteiger partial charge in [0.25, 0.3) is 0 Å². The van der Waals surface area contributed by atoms with Gasteiger partial charge in [-0.05, 0) is 20.8 Å². The molecule has 1 saturated heterocycles. The molecule has 1 aliphatic heterocycles. The lowest BCUT2D eigenvalue weighted by Gasteiger charge is -2.24. The lowest BCUT2D eigenvalue weighted by molar-refractivity contribution is 0.0283. The van der Waals surface area contributed by atoms with Crippen LogP contribution in [0, 0.1) is 0 Å². The van der Waals surface area contributed by atoms with Crippen molar-refractivity contribution in [3.63, 3.8) is 0 Å². The molecule has 0 aromatic heterocycles. The van der Waals surface area contributed by atoms with Crippen LogP contribution in [0.4, 0.5) is 9.18 Å². The van der Waals surface area contributed by atoms with Crippen molar-refractivity contribution in [1.82, 2.24) is 4.90 Å². The second-order valence-electron chi connectivity index (χ2n) is 4.57. The second kappa shape index (κ2) is 3.73. The van der Waals surface area contributed by atoms with Crippen LogP contribution in [0.2, 0.25) is 0 Å². The van der Waals surface area contributed by atoms with Gasteiger partial charge in [0.15, 0.2) is 0 Å². The summed E-state index contributed by atoms with van der Waals surface area (Å²) < 4.78 is 18.1. The standard InChI is InChI=1S/C9H17FN2O2/c1-9(2,3)14-8(13)12-4-6(10)7(11)5-12/h6-7H,4-5,11H2,1-3H3/t6?,7-/m0/s1. The van der Waals surface area contributed by atoms with Crippen molar-refractivity contribution in [2.45, 2.75) is 38.6 Å². The molecule has 0 radical (unpaired) electrons. The molecule has 4 nitrogen and oxygen atoms in total. The minimum absolute atomic E-state index is 0.0378. The number of halogens is 1. The first-order valence-corrected chi connectivity index (χ1v) is 4.67. The number of rotatable bonds is 0. The number of hydrogen-bond donors (Lipinski definition) is 1. The van der Waals surface area contributed by atoms with Crippen LogP contribution in [0.5, 0.6) is 0 Å². The van der Waals surface area contributed by atoms with Crippen LogP contribution in [0.3, 0.4) is 0 Å². The van der Waals surface area contributed by atoms with E-state index in [0.717, 1.165) is 0 Å². The summed E-state index contributed by atoms with van der Waals surface area (Å²) in [5.74, 6) is 0. The molecule has 5 heteroatoms. The first kappa shape index (κ1) is 11.2. The Morgan fingerprint density at radius 2 is 2.07 bits per heavy atom. The number of carbonyl (C=O) groups excluding carboxylic acids is 1. The number of amides is 1. The number of hydrogen-bond acceptors (Lipinski definition) is 3. The lowest BCUT2D eigenvalue weighted by Crippen LogP contribution is -2.36. The Balaban J connectivity index is 2.48. The maximum absolute atomic E-state index is 13.0. The number of likely N-dealkylation sites (tertiary alicyclic amines) is 1. The zero-order valence-corrected chi connectivity index (χ0v) is 8.79. The molecule has 0 aliphatic carbocycles. The molecule has 0 spiro atoms. The summed E-state index contributed by atoms with van der Waals surface area (Å²) in [6.07, 6.45) is -1.63. The van der Waals surface area contributed by atoms with E-state index < -0.39 is 23.9 Å². The van der Waals surface area contributed by atoms with Crippen molar-refractivity contribution < 1.29 is 13.9 Å². The highest BCUT2D eigenvalue weighted by atomic mass is 19.1. The van der Waals surface area contributed by atoms with Gasteiger partial charge in [0.1, 0.15) is 11.8 Å². The molecule has 14 heavy (non-hydrogen) atoms. The molecular formula is C9H17FN2O2. The number of alkyl halides is 1. The second-order valence-corrected chi connectivity index (χ2v) is 4.57. The molecule has 0 bridgehead atoms. The molecule has 2 N–H and O–H groups in total. The predicted molar refractivity (Wildman–Crippen MR) is 50.7 cm³/mol. The quantitative estimate of drug-likeness (QED) is 0.638. The smallest absolute Gasteiger partial charge is 0.410 e. The molecule has 1 fully saturated rings. The highest BCUT2D eigenvalue weighted by Gasteiger charge is 2.35. The molecule has 0 aromatic carbocycles. The Bertz CT molecular complexity index is 217. The summed E-state index contributed by atoms with van der Waals surface area (Å²) >= 11 is 0. The molecule has 1 heterocycles. The fraction of sp³-hybridized carbons (Fsp3) is 0.889. The third-order valence-electron chi connectivity index (χ3n) is 1.94. The van der Waals surface area contributed by atoms with E-state index in [1.54, 1.807) is 20.8 Å². The van der Waals surface area contributed by atoms with Crippen molar-refractivity contribution in [3.05, 3.63) is 0 Å². The molecule has 1 unspecified atom stereocenters. The van der Waals surface area contributed by atoms with E-state index in [4.69, 9.17) is 10.5 Å². The largest absolute Gasteiger partial charge is 0.444 e. The van der Waals surface area contributed by atoms with Crippen LogP contribution in [0.25, 0.3) is 0 Å². The first-order valence-electron chi connectivity index (χ1n) is 4.67. The van der Waals surface area contributed by atoms with Crippen LogP contribution in [-0.4, -0.2) is 41.9 Å². The van der Waals surface area contributed by atoms with E-state index in [9.17, 15) is 9.18 Å². The zero-order chi connectivity index (χ0) is 10.9. The number of ether oxygens (including phenoxy) is 1. The van der Waals surface area contributed by atoms with Crippen molar-refractivity contribution in [2.24, 2.45) is 5.73 Å². The molecule has 2 atom stereocenters. The van der Waals surface area contributed by atoms with Crippen LogP contribution in [0.15, 0.2) is 0 Å². The van der Waals surface area contributed by atoms with Crippen LogP contribution >= 0.6 is 0 Å². The summed E-state index contributed by atoms with van der Waals surface area (Å²) in [5.41, 5.74) is 4.90. The third-order valence-corrected chi connectivity index (χ3v) is 1.94. The number of nitrogens with zero attached hydrogens (tertiary/aromatic N) is 1. The molecule has 1 amide bonds. The SMILES string of the molecule is CC(C)(C)OC(=O)N1CC(F)[C@@H](N)C1. The summed E-state index contributed by atoms with van der Waals surface area (Å²) in [5, 5.41) is 0. The predicted octanol–water partition coefficient (Wildman–Crippen LogP) is 0.903. The Hall–Kier alpha value is -0.840. The number of nitrogens with two attached hydrogens (primary N) is 1. The van der Waals surface area contributed by atoms with Gasteiger partial charge in [0.2, 0.25) is 0 Å². The van der Waals surface area contributed by atoms with Crippen LogP contribution < -0.4 is 5.73 Å². The lowest BCUT2D eigenvalue weighted by atomic mass is 10.2. The van der Waals surface area contributed by atoms with Crippen molar-refractivity contribution in [3.8, 4) is 0 Å². The Morgan fingerprint density at radius 1 is 1.50 bits per heavy atom. The zero-order valence-electron chi connectivity index (χ0n) is 8.79. The monoisotopic (exact) mass is 204 g/mol. The minimum Gasteiger partial charge on any atom is -0.444 e. The molecule has 1 aliphatic rings. The molecule has 1 rings (SSSR count). The van der Waals surface area contributed by atoms with Gasteiger partial charge in [-0.15, -0.1) is 0 Å². The van der Waals surface area contributed by atoms with Gasteiger partial charge < -0.3 is 15.4 Å². The highest BCUT2D eigenvalue weighted by Crippen LogP contribution is 2.16. The maximum Gasteiger partial charge on any atom is 0.410 e. The molecule has 0 saturated carbocycles. The molecule has 0 aromatic rings. The van der Waals surface area contributed by atoms with Crippen molar-refractivity contribution in [1.29, 1.82) is 0 Å². The topological polar surface area (TPSA) is 55.6 Å².